The lowest BCUT2D eigenvalue weighted by Gasteiger charge is -2.15. The van der Waals surface area contributed by atoms with Gasteiger partial charge in [-0.2, -0.15) is 0 Å². The lowest BCUT2D eigenvalue weighted by atomic mass is 10.1. The van der Waals surface area contributed by atoms with Crippen LogP contribution >= 0.6 is 0 Å². The van der Waals surface area contributed by atoms with E-state index in [9.17, 15) is 9.59 Å². The third kappa shape index (κ3) is 4.04. The molecule has 0 aliphatic carbocycles. The van der Waals surface area contributed by atoms with Crippen molar-refractivity contribution in [3.05, 3.63) is 23.9 Å². The van der Waals surface area contributed by atoms with E-state index in [1.54, 1.807) is 18.3 Å². The summed E-state index contributed by atoms with van der Waals surface area (Å²) in [5, 5.41) is 11.6. The summed E-state index contributed by atoms with van der Waals surface area (Å²) in [6.07, 6.45) is 2.07. The van der Waals surface area contributed by atoms with Gasteiger partial charge >= 0.3 is 11.9 Å². The Bertz CT molecular complexity index is 434. The van der Waals surface area contributed by atoms with Crippen LogP contribution in [0.1, 0.15) is 30.1 Å². The Balaban J connectivity index is 2.71. The topological polar surface area (TPSA) is 88.5 Å². The number of esters is 1. The van der Waals surface area contributed by atoms with Gasteiger partial charge in [-0.25, -0.2) is 9.78 Å². The number of hydrogen-bond acceptors (Lipinski definition) is 5. The summed E-state index contributed by atoms with van der Waals surface area (Å²) in [6.45, 7) is 1.83. The molecule has 0 aromatic carbocycles. The van der Waals surface area contributed by atoms with Crippen molar-refractivity contribution in [1.29, 1.82) is 0 Å². The number of aromatic nitrogens is 1. The van der Waals surface area contributed by atoms with Crippen LogP contribution in [0.4, 0.5) is 5.82 Å². The molecule has 1 heterocycles. The highest BCUT2D eigenvalue weighted by atomic mass is 16.5. The number of rotatable bonds is 6. The van der Waals surface area contributed by atoms with Crippen molar-refractivity contribution in [3.63, 3.8) is 0 Å². The molecule has 0 saturated carbocycles. The Morgan fingerprint density at radius 2 is 2.28 bits per heavy atom. The number of carboxylic acids is 1. The number of hydrogen-bond donors (Lipinski definition) is 2. The van der Waals surface area contributed by atoms with Gasteiger partial charge in [0.05, 0.1) is 7.11 Å². The maximum atomic E-state index is 11.5. The second-order valence-electron chi connectivity index (χ2n) is 3.87. The fraction of sp³-hybridized carbons (Fsp3) is 0.417. The number of ether oxygens (including phenoxy) is 1. The van der Waals surface area contributed by atoms with Gasteiger partial charge in [0.1, 0.15) is 11.4 Å². The zero-order valence-electron chi connectivity index (χ0n) is 10.3. The van der Waals surface area contributed by atoms with Crippen LogP contribution < -0.4 is 5.32 Å². The predicted molar refractivity (Wildman–Crippen MR) is 65.5 cm³/mol. The van der Waals surface area contributed by atoms with Crippen molar-refractivity contribution in [2.24, 2.45) is 0 Å². The normalized spacial score (nSPS) is 11.7. The minimum Gasteiger partial charge on any atom is -0.481 e. The van der Waals surface area contributed by atoms with Gasteiger partial charge < -0.3 is 15.2 Å². The number of nitrogens with zero attached hydrogens (tertiary/aromatic N) is 1. The van der Waals surface area contributed by atoms with E-state index in [2.05, 4.69) is 15.0 Å². The van der Waals surface area contributed by atoms with Crippen molar-refractivity contribution in [1.82, 2.24) is 4.98 Å². The zero-order chi connectivity index (χ0) is 13.5. The first-order valence-electron chi connectivity index (χ1n) is 5.56. The maximum Gasteiger partial charge on any atom is 0.341 e. The van der Waals surface area contributed by atoms with E-state index in [0.717, 1.165) is 0 Å². The second-order valence-corrected chi connectivity index (χ2v) is 3.87. The summed E-state index contributed by atoms with van der Waals surface area (Å²) in [7, 11) is 1.30. The molecule has 1 aromatic heterocycles. The zero-order valence-corrected chi connectivity index (χ0v) is 10.3. The molecule has 98 valence electrons. The van der Waals surface area contributed by atoms with E-state index in [-0.39, 0.29) is 12.5 Å². The first kappa shape index (κ1) is 14.0. The van der Waals surface area contributed by atoms with E-state index >= 15 is 0 Å². The molecule has 1 rings (SSSR count). The molecule has 1 atom stereocenters. The average molecular weight is 252 g/mol. The highest BCUT2D eigenvalue weighted by molar-refractivity contribution is 5.94. The SMILES string of the molecule is COC(=O)c1cccnc1NC(C)CCC(=O)O. The van der Waals surface area contributed by atoms with Crippen molar-refractivity contribution in [2.75, 3.05) is 12.4 Å². The molecule has 0 spiro atoms. The van der Waals surface area contributed by atoms with Crippen LogP contribution in [0.3, 0.4) is 0 Å². The van der Waals surface area contributed by atoms with E-state index in [1.165, 1.54) is 7.11 Å². The number of methoxy groups -OCH3 is 1. The minimum absolute atomic E-state index is 0.0640. The molecule has 0 bridgehead atoms. The first-order valence-corrected chi connectivity index (χ1v) is 5.56. The summed E-state index contributed by atoms with van der Waals surface area (Å²) in [5.74, 6) is -0.920. The Morgan fingerprint density at radius 1 is 1.56 bits per heavy atom. The van der Waals surface area contributed by atoms with Gasteiger partial charge in [-0.3, -0.25) is 4.79 Å². The maximum absolute atomic E-state index is 11.5. The van der Waals surface area contributed by atoms with Gasteiger partial charge in [-0.1, -0.05) is 0 Å². The van der Waals surface area contributed by atoms with Crippen molar-refractivity contribution in [2.45, 2.75) is 25.8 Å². The lowest BCUT2D eigenvalue weighted by Crippen LogP contribution is -2.19. The molecule has 0 aliphatic heterocycles. The smallest absolute Gasteiger partial charge is 0.341 e. The molecular weight excluding hydrogens is 236 g/mol. The van der Waals surface area contributed by atoms with Crippen LogP contribution in [0, 0.1) is 0 Å². The number of carbonyl (C=O) groups excluding carboxylic acids is 1. The van der Waals surface area contributed by atoms with Crippen LogP contribution in [0.5, 0.6) is 0 Å². The number of carbonyl (C=O) groups is 2. The third-order valence-corrected chi connectivity index (χ3v) is 2.39. The van der Waals surface area contributed by atoms with Gasteiger partial charge in [-0.05, 0) is 25.5 Å². The van der Waals surface area contributed by atoms with Crippen molar-refractivity contribution < 1.29 is 19.4 Å². The summed E-state index contributed by atoms with van der Waals surface area (Å²) in [5.41, 5.74) is 0.335. The van der Waals surface area contributed by atoms with Crippen molar-refractivity contribution >= 4 is 17.8 Å². The molecule has 18 heavy (non-hydrogen) atoms. The summed E-state index contributed by atoms with van der Waals surface area (Å²) in [4.78, 5) is 26.0. The van der Waals surface area contributed by atoms with Crippen LogP contribution in [-0.4, -0.2) is 35.2 Å². The Morgan fingerprint density at radius 3 is 2.89 bits per heavy atom. The molecule has 6 nitrogen and oxygen atoms in total. The quantitative estimate of drug-likeness (QED) is 0.746. The van der Waals surface area contributed by atoms with Gasteiger partial charge in [-0.15, -0.1) is 0 Å². The van der Waals surface area contributed by atoms with Gasteiger partial charge in [0.15, 0.2) is 0 Å². The fourth-order valence-electron chi connectivity index (χ4n) is 1.44. The number of carboxylic acid groups (broad SMARTS) is 1. The van der Waals surface area contributed by atoms with Crippen LogP contribution in [0.15, 0.2) is 18.3 Å². The average Bonchev–Trinajstić information content (AvgIpc) is 2.36. The molecule has 6 heteroatoms. The number of anilines is 1. The molecule has 0 fully saturated rings. The fourth-order valence-corrected chi connectivity index (χ4v) is 1.44. The van der Waals surface area contributed by atoms with E-state index in [1.807, 2.05) is 6.92 Å². The molecule has 1 aromatic rings. The highest BCUT2D eigenvalue weighted by Crippen LogP contribution is 2.15. The molecule has 0 radical (unpaired) electrons. The van der Waals surface area contributed by atoms with Gasteiger partial charge in [0, 0.05) is 18.7 Å². The largest absolute Gasteiger partial charge is 0.481 e. The van der Waals surface area contributed by atoms with E-state index < -0.39 is 11.9 Å². The standard InChI is InChI=1S/C12H16N2O4/c1-8(5-6-10(15)16)14-11-9(12(17)18-2)4-3-7-13-11/h3-4,7-8H,5-6H2,1-2H3,(H,13,14)(H,15,16). The molecule has 1 unspecified atom stereocenters. The Hall–Kier alpha value is -2.11. The van der Waals surface area contributed by atoms with Crippen LogP contribution in [0.2, 0.25) is 0 Å². The third-order valence-electron chi connectivity index (χ3n) is 2.39. The Labute approximate surface area is 105 Å². The first-order chi connectivity index (χ1) is 8.54. The monoisotopic (exact) mass is 252 g/mol. The molecule has 0 saturated heterocycles. The Kier molecular flexibility index (Phi) is 5.10. The summed E-state index contributed by atoms with van der Waals surface area (Å²) in [6, 6.07) is 3.14. The van der Waals surface area contributed by atoms with Gasteiger partial charge in [0.25, 0.3) is 0 Å². The summed E-state index contributed by atoms with van der Waals surface area (Å²) >= 11 is 0. The summed E-state index contributed by atoms with van der Waals surface area (Å²) < 4.78 is 4.64. The van der Waals surface area contributed by atoms with Crippen molar-refractivity contribution in [3.8, 4) is 0 Å². The van der Waals surface area contributed by atoms with E-state index in [4.69, 9.17) is 5.11 Å². The molecular formula is C12H16N2O4. The molecule has 0 amide bonds. The predicted octanol–water partition coefficient (Wildman–Crippen LogP) is 1.53. The lowest BCUT2D eigenvalue weighted by molar-refractivity contribution is -0.137. The van der Waals surface area contributed by atoms with Crippen LogP contribution in [-0.2, 0) is 9.53 Å². The minimum atomic E-state index is -0.849. The van der Waals surface area contributed by atoms with Gasteiger partial charge in [0.2, 0.25) is 0 Å². The second kappa shape index (κ2) is 6.58. The number of nitrogens with one attached hydrogen (secondary N) is 1. The van der Waals surface area contributed by atoms with E-state index in [0.29, 0.717) is 17.8 Å². The number of pyridine rings is 1. The highest BCUT2D eigenvalue weighted by Gasteiger charge is 2.14. The molecule has 2 N–H and O–H groups in total. The van der Waals surface area contributed by atoms with Crippen LogP contribution in [0.25, 0.3) is 0 Å². The number of aliphatic carboxylic acids is 1. The molecule has 0 aliphatic rings.